The van der Waals surface area contributed by atoms with E-state index in [0.717, 1.165) is 0 Å². The van der Waals surface area contributed by atoms with E-state index in [1.54, 1.807) is 36.4 Å². The van der Waals surface area contributed by atoms with E-state index in [1.165, 1.54) is 6.20 Å². The molecular weight excluding hydrogens is 341 g/mol. The van der Waals surface area contributed by atoms with Crippen molar-refractivity contribution in [1.82, 2.24) is 10.3 Å². The van der Waals surface area contributed by atoms with Gasteiger partial charge in [0.25, 0.3) is 5.91 Å². The SMILES string of the molecule is O=C(COc1ccc(Cl)cc1)NCC(=O)Nc1cccnc1Cl. The van der Waals surface area contributed by atoms with Gasteiger partial charge in [-0.25, -0.2) is 4.98 Å². The average molecular weight is 354 g/mol. The maximum absolute atomic E-state index is 11.7. The number of amides is 2. The lowest BCUT2D eigenvalue weighted by Crippen LogP contribution is -2.35. The van der Waals surface area contributed by atoms with Gasteiger partial charge in [-0.05, 0) is 36.4 Å². The predicted molar refractivity (Wildman–Crippen MR) is 87.8 cm³/mol. The average Bonchev–Trinajstić information content (AvgIpc) is 2.54. The second kappa shape index (κ2) is 8.36. The summed E-state index contributed by atoms with van der Waals surface area (Å²) in [5.41, 5.74) is 0.380. The number of rotatable bonds is 6. The molecule has 1 aromatic carbocycles. The number of nitrogens with one attached hydrogen (secondary N) is 2. The van der Waals surface area contributed by atoms with Crippen molar-refractivity contribution in [3.8, 4) is 5.75 Å². The van der Waals surface area contributed by atoms with Crippen LogP contribution in [-0.4, -0.2) is 29.9 Å². The van der Waals surface area contributed by atoms with E-state index in [-0.39, 0.29) is 18.3 Å². The van der Waals surface area contributed by atoms with Gasteiger partial charge in [-0.1, -0.05) is 23.2 Å². The Morgan fingerprint density at radius 3 is 2.52 bits per heavy atom. The van der Waals surface area contributed by atoms with Gasteiger partial charge in [-0.2, -0.15) is 0 Å². The number of hydrogen-bond acceptors (Lipinski definition) is 4. The van der Waals surface area contributed by atoms with Crippen LogP contribution in [0.2, 0.25) is 10.2 Å². The fourth-order valence-electron chi connectivity index (χ4n) is 1.58. The molecule has 0 spiro atoms. The maximum Gasteiger partial charge on any atom is 0.258 e. The topological polar surface area (TPSA) is 80.3 Å². The summed E-state index contributed by atoms with van der Waals surface area (Å²) in [5, 5.41) is 5.74. The lowest BCUT2D eigenvalue weighted by atomic mass is 10.3. The van der Waals surface area contributed by atoms with Crippen LogP contribution in [0.3, 0.4) is 0 Å². The molecule has 2 amide bonds. The Morgan fingerprint density at radius 1 is 1.09 bits per heavy atom. The van der Waals surface area contributed by atoms with Crippen LogP contribution in [0.5, 0.6) is 5.75 Å². The molecule has 2 N–H and O–H groups in total. The van der Waals surface area contributed by atoms with Crippen molar-refractivity contribution in [3.05, 3.63) is 52.8 Å². The monoisotopic (exact) mass is 353 g/mol. The first-order chi connectivity index (χ1) is 11.0. The van der Waals surface area contributed by atoms with E-state index in [0.29, 0.717) is 16.5 Å². The van der Waals surface area contributed by atoms with Crippen LogP contribution in [0.1, 0.15) is 0 Å². The van der Waals surface area contributed by atoms with Gasteiger partial charge in [-0.15, -0.1) is 0 Å². The van der Waals surface area contributed by atoms with Gasteiger partial charge in [0.1, 0.15) is 5.75 Å². The summed E-state index contributed by atoms with van der Waals surface area (Å²) < 4.78 is 5.26. The van der Waals surface area contributed by atoms with E-state index in [9.17, 15) is 9.59 Å². The van der Waals surface area contributed by atoms with Gasteiger partial charge >= 0.3 is 0 Å². The highest BCUT2D eigenvalue weighted by Crippen LogP contribution is 2.17. The van der Waals surface area contributed by atoms with Gasteiger partial charge in [0.2, 0.25) is 5.91 Å². The molecule has 0 unspecified atom stereocenters. The second-order valence-corrected chi connectivity index (χ2v) is 5.20. The molecule has 0 aliphatic heterocycles. The Hall–Kier alpha value is -2.31. The Labute approximate surface area is 142 Å². The molecule has 23 heavy (non-hydrogen) atoms. The maximum atomic E-state index is 11.7. The Morgan fingerprint density at radius 2 is 1.83 bits per heavy atom. The van der Waals surface area contributed by atoms with Crippen molar-refractivity contribution in [1.29, 1.82) is 0 Å². The van der Waals surface area contributed by atoms with Gasteiger partial charge in [-0.3, -0.25) is 9.59 Å². The van der Waals surface area contributed by atoms with Crippen LogP contribution in [0.4, 0.5) is 5.69 Å². The van der Waals surface area contributed by atoms with E-state index >= 15 is 0 Å². The molecule has 2 aromatic rings. The normalized spacial score (nSPS) is 10.0. The zero-order valence-electron chi connectivity index (χ0n) is 11.9. The van der Waals surface area contributed by atoms with Gasteiger partial charge in [0, 0.05) is 11.2 Å². The number of anilines is 1. The van der Waals surface area contributed by atoms with E-state index in [4.69, 9.17) is 27.9 Å². The van der Waals surface area contributed by atoms with Crippen LogP contribution in [0.15, 0.2) is 42.6 Å². The first kappa shape index (κ1) is 17.1. The molecule has 8 heteroatoms. The second-order valence-electron chi connectivity index (χ2n) is 4.41. The van der Waals surface area contributed by atoms with Crippen LogP contribution < -0.4 is 15.4 Å². The number of nitrogens with zero attached hydrogens (tertiary/aromatic N) is 1. The number of aromatic nitrogens is 1. The molecular formula is C15H13Cl2N3O3. The molecule has 2 rings (SSSR count). The van der Waals surface area contributed by atoms with Gasteiger partial charge in [0.15, 0.2) is 11.8 Å². The molecule has 0 aliphatic rings. The van der Waals surface area contributed by atoms with Crippen LogP contribution >= 0.6 is 23.2 Å². The quantitative estimate of drug-likeness (QED) is 0.782. The Balaban J connectivity index is 1.72. The van der Waals surface area contributed by atoms with Crippen molar-refractivity contribution in [2.75, 3.05) is 18.5 Å². The first-order valence-electron chi connectivity index (χ1n) is 6.60. The number of hydrogen-bond donors (Lipinski definition) is 2. The summed E-state index contributed by atoms with van der Waals surface area (Å²) in [6, 6.07) is 9.85. The summed E-state index contributed by atoms with van der Waals surface area (Å²) in [6.07, 6.45) is 1.51. The van der Waals surface area contributed by atoms with Gasteiger partial charge < -0.3 is 15.4 Å². The smallest absolute Gasteiger partial charge is 0.258 e. The van der Waals surface area contributed by atoms with Crippen LogP contribution in [0.25, 0.3) is 0 Å². The zero-order valence-corrected chi connectivity index (χ0v) is 13.4. The van der Waals surface area contributed by atoms with Crippen molar-refractivity contribution < 1.29 is 14.3 Å². The molecule has 0 saturated carbocycles. The molecule has 0 radical (unpaired) electrons. The largest absolute Gasteiger partial charge is 0.484 e. The first-order valence-corrected chi connectivity index (χ1v) is 7.35. The standard InChI is InChI=1S/C15H13Cl2N3O3/c16-10-3-5-11(6-4-10)23-9-14(22)19-8-13(21)20-12-2-1-7-18-15(12)17/h1-7H,8-9H2,(H,19,22)(H,20,21). The molecule has 0 aliphatic carbocycles. The Kier molecular flexibility index (Phi) is 6.19. The molecule has 0 saturated heterocycles. The summed E-state index contributed by atoms with van der Waals surface area (Å²) in [6.45, 7) is -0.406. The third-order valence-electron chi connectivity index (χ3n) is 2.66. The fraction of sp³-hybridized carbons (Fsp3) is 0.133. The molecule has 0 bridgehead atoms. The predicted octanol–water partition coefficient (Wildman–Crippen LogP) is 2.52. The molecule has 6 nitrogen and oxygen atoms in total. The third-order valence-corrected chi connectivity index (χ3v) is 3.22. The van der Waals surface area contributed by atoms with E-state index in [2.05, 4.69) is 15.6 Å². The van der Waals surface area contributed by atoms with E-state index in [1.807, 2.05) is 0 Å². The Bertz CT molecular complexity index is 693. The fourth-order valence-corrected chi connectivity index (χ4v) is 1.88. The number of benzene rings is 1. The molecule has 120 valence electrons. The number of pyridine rings is 1. The number of ether oxygens (including phenoxy) is 1. The van der Waals surface area contributed by atoms with Crippen LogP contribution in [0, 0.1) is 0 Å². The minimum atomic E-state index is -0.424. The highest BCUT2D eigenvalue weighted by atomic mass is 35.5. The van der Waals surface area contributed by atoms with Crippen molar-refractivity contribution in [2.24, 2.45) is 0 Å². The number of carbonyl (C=O) groups excluding carboxylic acids is 2. The van der Waals surface area contributed by atoms with Crippen molar-refractivity contribution >= 4 is 40.7 Å². The highest BCUT2D eigenvalue weighted by Gasteiger charge is 2.08. The third kappa shape index (κ3) is 5.77. The lowest BCUT2D eigenvalue weighted by Gasteiger charge is -2.09. The minimum Gasteiger partial charge on any atom is -0.484 e. The highest BCUT2D eigenvalue weighted by molar-refractivity contribution is 6.32. The summed E-state index contributed by atoms with van der Waals surface area (Å²) >= 11 is 11.6. The number of halogens is 2. The van der Waals surface area contributed by atoms with Crippen molar-refractivity contribution in [2.45, 2.75) is 0 Å². The summed E-state index contributed by atoms with van der Waals surface area (Å²) in [7, 11) is 0. The molecule has 1 aromatic heterocycles. The zero-order chi connectivity index (χ0) is 16.7. The van der Waals surface area contributed by atoms with Crippen LogP contribution in [-0.2, 0) is 9.59 Å². The van der Waals surface area contributed by atoms with Gasteiger partial charge in [0.05, 0.1) is 12.2 Å². The lowest BCUT2D eigenvalue weighted by molar-refractivity contribution is -0.125. The minimum absolute atomic E-state index is 0.179. The number of carbonyl (C=O) groups is 2. The summed E-state index contributed by atoms with van der Waals surface area (Å²) in [4.78, 5) is 27.2. The van der Waals surface area contributed by atoms with E-state index < -0.39 is 11.8 Å². The molecule has 1 heterocycles. The molecule has 0 fully saturated rings. The molecule has 0 atom stereocenters. The summed E-state index contributed by atoms with van der Waals surface area (Å²) in [5.74, 6) is -0.330. The van der Waals surface area contributed by atoms with Crippen molar-refractivity contribution in [3.63, 3.8) is 0 Å².